The Morgan fingerprint density at radius 2 is 2.06 bits per heavy atom. The molecule has 0 amide bonds. The molecule has 18 heavy (non-hydrogen) atoms. The van der Waals surface area contributed by atoms with Crippen molar-refractivity contribution in [3.05, 3.63) is 40.7 Å². The van der Waals surface area contributed by atoms with E-state index in [4.69, 9.17) is 0 Å². The zero-order valence-electron chi connectivity index (χ0n) is 10.4. The predicted octanol–water partition coefficient (Wildman–Crippen LogP) is 2.97. The molecule has 1 aromatic carbocycles. The van der Waals surface area contributed by atoms with E-state index in [-0.39, 0.29) is 0 Å². The van der Waals surface area contributed by atoms with Crippen LogP contribution in [-0.4, -0.2) is 18.1 Å². The fourth-order valence-corrected chi connectivity index (χ4v) is 2.26. The van der Waals surface area contributed by atoms with Crippen LogP contribution in [0.4, 0.5) is 0 Å². The van der Waals surface area contributed by atoms with Crippen LogP contribution in [0.1, 0.15) is 11.9 Å². The summed E-state index contributed by atoms with van der Waals surface area (Å²) in [4.78, 5) is 4.59. The fraction of sp³-hybridized carbons (Fsp3) is 0.267. The third-order valence-corrected chi connectivity index (χ3v) is 3.30. The van der Waals surface area contributed by atoms with Gasteiger partial charge < -0.3 is 5.32 Å². The Hall–Kier alpha value is -1.63. The van der Waals surface area contributed by atoms with Crippen molar-refractivity contribution in [2.75, 3.05) is 13.1 Å². The number of nitrogens with one attached hydrogen (secondary N) is 1. The van der Waals surface area contributed by atoms with E-state index in [0.29, 0.717) is 0 Å². The number of hydrogen-bond donors (Lipinski definition) is 1. The van der Waals surface area contributed by atoms with Crippen LogP contribution in [0, 0.1) is 11.8 Å². The highest BCUT2D eigenvalue weighted by Crippen LogP contribution is 2.21. The predicted molar refractivity (Wildman–Crippen MR) is 77.6 cm³/mol. The van der Waals surface area contributed by atoms with E-state index in [1.807, 2.05) is 18.2 Å². The molecule has 0 aliphatic carbocycles. The van der Waals surface area contributed by atoms with E-state index in [2.05, 4.69) is 46.6 Å². The fourth-order valence-electron chi connectivity index (χ4n) is 1.52. The monoisotopic (exact) mass is 256 g/mol. The molecule has 1 N–H and O–H groups in total. The topological polar surface area (TPSA) is 24.9 Å². The van der Waals surface area contributed by atoms with E-state index >= 15 is 0 Å². The first-order valence-electron chi connectivity index (χ1n) is 6.06. The Bertz CT molecular complexity index is 534. The molecule has 2 rings (SSSR count). The molecule has 0 atom stereocenters. The van der Waals surface area contributed by atoms with Gasteiger partial charge in [-0.3, -0.25) is 0 Å². The van der Waals surface area contributed by atoms with Crippen molar-refractivity contribution in [2.45, 2.75) is 13.3 Å². The number of rotatable bonds is 4. The molecule has 92 valence electrons. The van der Waals surface area contributed by atoms with Gasteiger partial charge in [0.1, 0.15) is 5.01 Å². The van der Waals surface area contributed by atoms with Crippen LogP contribution in [-0.2, 0) is 6.42 Å². The van der Waals surface area contributed by atoms with Crippen molar-refractivity contribution >= 4 is 11.3 Å². The first kappa shape index (κ1) is 12.8. The van der Waals surface area contributed by atoms with Gasteiger partial charge in [-0.2, -0.15) is 0 Å². The van der Waals surface area contributed by atoms with E-state index in [0.717, 1.165) is 30.2 Å². The normalized spacial score (nSPS) is 9.83. The molecule has 2 nitrogen and oxygen atoms in total. The summed E-state index contributed by atoms with van der Waals surface area (Å²) < 4.78 is 0. The molecule has 0 saturated heterocycles. The van der Waals surface area contributed by atoms with Crippen LogP contribution in [0.15, 0.2) is 35.7 Å². The summed E-state index contributed by atoms with van der Waals surface area (Å²) in [5, 5.41) is 6.35. The van der Waals surface area contributed by atoms with Gasteiger partial charge in [0.05, 0.1) is 18.7 Å². The lowest BCUT2D eigenvalue weighted by Gasteiger charge is -1.93. The van der Waals surface area contributed by atoms with Crippen molar-refractivity contribution in [3.63, 3.8) is 0 Å². The molecule has 0 spiro atoms. The van der Waals surface area contributed by atoms with Gasteiger partial charge in [0.25, 0.3) is 0 Å². The molecule has 2 aromatic rings. The van der Waals surface area contributed by atoms with Gasteiger partial charge in [-0.25, -0.2) is 4.98 Å². The molecule has 3 heteroatoms. The quantitative estimate of drug-likeness (QED) is 0.672. The molecule has 0 fully saturated rings. The number of nitrogens with zero attached hydrogens (tertiary/aromatic N) is 1. The first-order valence-corrected chi connectivity index (χ1v) is 6.94. The summed E-state index contributed by atoms with van der Waals surface area (Å²) >= 11 is 1.67. The van der Waals surface area contributed by atoms with Crippen LogP contribution in [0.2, 0.25) is 0 Å². The highest BCUT2D eigenvalue weighted by molar-refractivity contribution is 7.10. The highest BCUT2D eigenvalue weighted by Gasteiger charge is 2.02. The lowest BCUT2D eigenvalue weighted by Crippen LogP contribution is -2.11. The molecule has 0 unspecified atom stereocenters. The van der Waals surface area contributed by atoms with E-state index < -0.39 is 0 Å². The van der Waals surface area contributed by atoms with Crippen molar-refractivity contribution in [1.29, 1.82) is 0 Å². The standard InChI is InChI=1S/C15H16N2S/c1-2-16-11-7-6-10-15-17-14(12-18-15)13-8-4-3-5-9-13/h3-5,8-9,12,16H,2,10-11H2,1H3. The lowest BCUT2D eigenvalue weighted by atomic mass is 10.2. The zero-order chi connectivity index (χ0) is 12.6. The van der Waals surface area contributed by atoms with Crippen molar-refractivity contribution < 1.29 is 0 Å². The summed E-state index contributed by atoms with van der Waals surface area (Å²) in [7, 11) is 0. The van der Waals surface area contributed by atoms with Crippen molar-refractivity contribution in [2.24, 2.45) is 0 Å². The van der Waals surface area contributed by atoms with Crippen LogP contribution in [0.25, 0.3) is 11.3 Å². The smallest absolute Gasteiger partial charge is 0.105 e. The van der Waals surface area contributed by atoms with Gasteiger partial charge in [-0.05, 0) is 6.54 Å². The molecule has 0 aliphatic rings. The summed E-state index contributed by atoms with van der Waals surface area (Å²) in [6.45, 7) is 3.80. The van der Waals surface area contributed by atoms with Gasteiger partial charge in [0.2, 0.25) is 0 Å². The number of hydrogen-bond acceptors (Lipinski definition) is 3. The number of aromatic nitrogens is 1. The Morgan fingerprint density at radius 3 is 2.83 bits per heavy atom. The molecular formula is C15H16N2S. The Morgan fingerprint density at radius 1 is 1.22 bits per heavy atom. The minimum Gasteiger partial charge on any atom is -0.307 e. The van der Waals surface area contributed by atoms with Gasteiger partial charge >= 0.3 is 0 Å². The van der Waals surface area contributed by atoms with Crippen LogP contribution in [0.5, 0.6) is 0 Å². The zero-order valence-corrected chi connectivity index (χ0v) is 11.3. The van der Waals surface area contributed by atoms with Gasteiger partial charge in [0.15, 0.2) is 0 Å². The highest BCUT2D eigenvalue weighted by atomic mass is 32.1. The van der Waals surface area contributed by atoms with E-state index in [1.165, 1.54) is 5.56 Å². The minimum atomic E-state index is 0.739. The maximum atomic E-state index is 4.59. The maximum absolute atomic E-state index is 4.59. The van der Waals surface area contributed by atoms with Gasteiger partial charge in [0, 0.05) is 10.9 Å². The van der Waals surface area contributed by atoms with Crippen LogP contribution < -0.4 is 5.32 Å². The average molecular weight is 256 g/mol. The third-order valence-electron chi connectivity index (χ3n) is 2.45. The van der Waals surface area contributed by atoms with E-state index in [1.54, 1.807) is 11.3 Å². The number of thiazole rings is 1. The summed E-state index contributed by atoms with van der Waals surface area (Å²) in [5.74, 6) is 6.23. The van der Waals surface area contributed by atoms with Gasteiger partial charge in [-0.15, -0.1) is 11.3 Å². The molecular weight excluding hydrogens is 240 g/mol. The Balaban J connectivity index is 1.96. The van der Waals surface area contributed by atoms with Crippen LogP contribution >= 0.6 is 11.3 Å². The third kappa shape index (κ3) is 3.69. The lowest BCUT2D eigenvalue weighted by molar-refractivity contribution is 0.810. The molecule has 0 aliphatic heterocycles. The molecule has 1 heterocycles. The Kier molecular flexibility index (Phi) is 4.95. The molecule has 0 radical (unpaired) electrons. The molecule has 1 aromatic heterocycles. The number of benzene rings is 1. The van der Waals surface area contributed by atoms with Crippen molar-refractivity contribution in [3.8, 4) is 23.1 Å². The Labute approximate surface area is 112 Å². The maximum Gasteiger partial charge on any atom is 0.105 e. The van der Waals surface area contributed by atoms with Gasteiger partial charge in [-0.1, -0.05) is 49.1 Å². The summed E-state index contributed by atoms with van der Waals surface area (Å²) in [5.41, 5.74) is 2.21. The van der Waals surface area contributed by atoms with Crippen LogP contribution in [0.3, 0.4) is 0 Å². The SMILES string of the molecule is CCNCC#CCc1nc(-c2ccccc2)cs1. The van der Waals surface area contributed by atoms with Crippen molar-refractivity contribution in [1.82, 2.24) is 10.3 Å². The summed E-state index contributed by atoms with van der Waals surface area (Å²) in [6, 6.07) is 10.2. The summed E-state index contributed by atoms with van der Waals surface area (Å²) in [6.07, 6.45) is 0.739. The molecule has 0 bridgehead atoms. The largest absolute Gasteiger partial charge is 0.307 e. The second-order valence-electron chi connectivity index (χ2n) is 3.80. The second kappa shape index (κ2) is 6.95. The second-order valence-corrected chi connectivity index (χ2v) is 4.75. The minimum absolute atomic E-state index is 0.739. The molecule has 0 saturated carbocycles. The first-order chi connectivity index (χ1) is 8.90. The van der Waals surface area contributed by atoms with E-state index in [9.17, 15) is 0 Å². The average Bonchev–Trinajstić information content (AvgIpc) is 2.88.